The van der Waals surface area contributed by atoms with Crippen molar-refractivity contribution in [1.29, 1.82) is 0 Å². The zero-order valence-electron chi connectivity index (χ0n) is 8.63. The van der Waals surface area contributed by atoms with Gasteiger partial charge in [-0.1, -0.05) is 13.8 Å². The van der Waals surface area contributed by atoms with Crippen molar-refractivity contribution in [2.24, 2.45) is 5.92 Å². The Morgan fingerprint density at radius 3 is 2.58 bits per heavy atom. The zero-order chi connectivity index (χ0) is 9.14. The molecule has 0 bridgehead atoms. The average molecular weight is 171 g/mol. The first-order valence-corrected chi connectivity index (χ1v) is 4.97. The SMILES string of the molecule is CC(C)CC1OCC(C)NC1C. The summed E-state index contributed by atoms with van der Waals surface area (Å²) in [6.45, 7) is 9.73. The van der Waals surface area contributed by atoms with Crippen LogP contribution in [0.1, 0.15) is 34.1 Å². The number of nitrogens with one attached hydrogen (secondary N) is 1. The molecule has 3 unspecified atom stereocenters. The first-order valence-electron chi connectivity index (χ1n) is 4.97. The lowest BCUT2D eigenvalue weighted by Gasteiger charge is -2.35. The van der Waals surface area contributed by atoms with Crippen molar-refractivity contribution in [1.82, 2.24) is 5.32 Å². The van der Waals surface area contributed by atoms with E-state index in [1.165, 1.54) is 6.42 Å². The van der Waals surface area contributed by atoms with Crippen molar-refractivity contribution in [3.63, 3.8) is 0 Å². The summed E-state index contributed by atoms with van der Waals surface area (Å²) in [6.07, 6.45) is 1.59. The maximum absolute atomic E-state index is 5.75. The highest BCUT2D eigenvalue weighted by atomic mass is 16.5. The Morgan fingerprint density at radius 2 is 2.08 bits per heavy atom. The molecule has 1 heterocycles. The van der Waals surface area contributed by atoms with E-state index < -0.39 is 0 Å². The molecular weight excluding hydrogens is 150 g/mol. The Labute approximate surface area is 75.7 Å². The van der Waals surface area contributed by atoms with E-state index in [9.17, 15) is 0 Å². The highest BCUT2D eigenvalue weighted by molar-refractivity contribution is 4.81. The van der Waals surface area contributed by atoms with Crippen LogP contribution in [0.25, 0.3) is 0 Å². The van der Waals surface area contributed by atoms with Gasteiger partial charge in [0.2, 0.25) is 0 Å². The summed E-state index contributed by atoms with van der Waals surface area (Å²) >= 11 is 0. The molecule has 0 spiro atoms. The maximum Gasteiger partial charge on any atom is 0.0728 e. The Balaban J connectivity index is 2.34. The monoisotopic (exact) mass is 171 g/mol. The number of hydrogen-bond donors (Lipinski definition) is 1. The molecule has 3 atom stereocenters. The Hall–Kier alpha value is -0.0800. The van der Waals surface area contributed by atoms with Crippen LogP contribution < -0.4 is 5.32 Å². The molecule has 1 aliphatic heterocycles. The van der Waals surface area contributed by atoms with Gasteiger partial charge in [0.15, 0.2) is 0 Å². The predicted octanol–water partition coefficient (Wildman–Crippen LogP) is 1.80. The fourth-order valence-corrected chi connectivity index (χ4v) is 1.75. The van der Waals surface area contributed by atoms with Crippen molar-refractivity contribution in [3.05, 3.63) is 0 Å². The smallest absolute Gasteiger partial charge is 0.0728 e. The maximum atomic E-state index is 5.75. The van der Waals surface area contributed by atoms with Crippen LogP contribution in [0, 0.1) is 5.92 Å². The Bertz CT molecular complexity index is 136. The molecule has 2 heteroatoms. The molecule has 0 amide bonds. The number of ether oxygens (including phenoxy) is 1. The predicted molar refractivity (Wildman–Crippen MR) is 51.3 cm³/mol. The number of rotatable bonds is 2. The van der Waals surface area contributed by atoms with Gasteiger partial charge in [-0.3, -0.25) is 0 Å². The molecule has 2 nitrogen and oxygen atoms in total. The second-order valence-electron chi connectivity index (χ2n) is 4.36. The van der Waals surface area contributed by atoms with Crippen molar-refractivity contribution in [2.45, 2.75) is 52.3 Å². The highest BCUT2D eigenvalue weighted by Crippen LogP contribution is 2.15. The van der Waals surface area contributed by atoms with Crippen LogP contribution in [-0.2, 0) is 4.74 Å². The zero-order valence-corrected chi connectivity index (χ0v) is 8.63. The lowest BCUT2D eigenvalue weighted by Crippen LogP contribution is -2.51. The number of hydrogen-bond acceptors (Lipinski definition) is 2. The normalized spacial score (nSPS) is 37.2. The van der Waals surface area contributed by atoms with Gasteiger partial charge in [0.1, 0.15) is 0 Å². The standard InChI is InChI=1S/C10H21NO/c1-7(2)5-10-9(4)11-8(3)6-12-10/h7-11H,5-6H2,1-4H3. The summed E-state index contributed by atoms with van der Waals surface area (Å²) in [5.74, 6) is 0.729. The molecular formula is C10H21NO. The van der Waals surface area contributed by atoms with Crippen LogP contribution in [0.2, 0.25) is 0 Å². The molecule has 0 aromatic rings. The van der Waals surface area contributed by atoms with Gasteiger partial charge in [-0.15, -0.1) is 0 Å². The molecule has 72 valence electrons. The minimum Gasteiger partial charge on any atom is -0.375 e. The van der Waals surface area contributed by atoms with Crippen LogP contribution >= 0.6 is 0 Å². The van der Waals surface area contributed by atoms with E-state index in [1.807, 2.05) is 0 Å². The van der Waals surface area contributed by atoms with Crippen LogP contribution in [0.5, 0.6) is 0 Å². The summed E-state index contributed by atoms with van der Waals surface area (Å²) in [7, 11) is 0. The van der Waals surface area contributed by atoms with E-state index in [0.29, 0.717) is 18.2 Å². The summed E-state index contributed by atoms with van der Waals surface area (Å²) in [5.41, 5.74) is 0. The van der Waals surface area contributed by atoms with Gasteiger partial charge < -0.3 is 10.1 Å². The van der Waals surface area contributed by atoms with Gasteiger partial charge in [0, 0.05) is 12.1 Å². The van der Waals surface area contributed by atoms with E-state index in [2.05, 4.69) is 33.0 Å². The van der Waals surface area contributed by atoms with E-state index in [1.54, 1.807) is 0 Å². The van der Waals surface area contributed by atoms with Gasteiger partial charge in [-0.2, -0.15) is 0 Å². The molecule has 1 rings (SSSR count). The van der Waals surface area contributed by atoms with Crippen LogP contribution in [0.15, 0.2) is 0 Å². The van der Waals surface area contributed by atoms with Crippen LogP contribution in [-0.4, -0.2) is 24.8 Å². The van der Waals surface area contributed by atoms with E-state index in [0.717, 1.165) is 12.5 Å². The third-order valence-corrected chi connectivity index (χ3v) is 2.37. The fourth-order valence-electron chi connectivity index (χ4n) is 1.75. The van der Waals surface area contributed by atoms with E-state index >= 15 is 0 Å². The van der Waals surface area contributed by atoms with Gasteiger partial charge in [-0.05, 0) is 26.2 Å². The van der Waals surface area contributed by atoms with Crippen LogP contribution in [0.3, 0.4) is 0 Å². The second kappa shape index (κ2) is 4.24. The van der Waals surface area contributed by atoms with Gasteiger partial charge in [0.05, 0.1) is 12.7 Å². The number of morpholine rings is 1. The molecule has 0 aromatic heterocycles. The minimum atomic E-state index is 0.418. The van der Waals surface area contributed by atoms with Crippen molar-refractivity contribution < 1.29 is 4.74 Å². The summed E-state index contributed by atoms with van der Waals surface area (Å²) in [6, 6.07) is 1.03. The third kappa shape index (κ3) is 2.76. The minimum absolute atomic E-state index is 0.418. The van der Waals surface area contributed by atoms with Gasteiger partial charge in [-0.25, -0.2) is 0 Å². The average Bonchev–Trinajstić information content (AvgIpc) is 1.94. The molecule has 1 aliphatic rings. The molecule has 1 fully saturated rings. The Kier molecular flexibility index (Phi) is 3.53. The lowest BCUT2D eigenvalue weighted by atomic mass is 9.99. The van der Waals surface area contributed by atoms with Crippen molar-refractivity contribution in [3.8, 4) is 0 Å². The summed E-state index contributed by atoms with van der Waals surface area (Å²) in [5, 5.41) is 3.51. The molecule has 0 aliphatic carbocycles. The second-order valence-corrected chi connectivity index (χ2v) is 4.36. The third-order valence-electron chi connectivity index (χ3n) is 2.37. The quantitative estimate of drug-likeness (QED) is 0.684. The first kappa shape index (κ1) is 10.0. The van der Waals surface area contributed by atoms with E-state index in [-0.39, 0.29) is 0 Å². The molecule has 12 heavy (non-hydrogen) atoms. The lowest BCUT2D eigenvalue weighted by molar-refractivity contribution is -0.0291. The molecule has 1 saturated heterocycles. The Morgan fingerprint density at radius 1 is 1.42 bits per heavy atom. The first-order chi connectivity index (χ1) is 5.59. The van der Waals surface area contributed by atoms with E-state index in [4.69, 9.17) is 4.74 Å². The topological polar surface area (TPSA) is 21.3 Å². The van der Waals surface area contributed by atoms with Gasteiger partial charge >= 0.3 is 0 Å². The summed E-state index contributed by atoms with van der Waals surface area (Å²) < 4.78 is 5.75. The molecule has 0 radical (unpaired) electrons. The highest BCUT2D eigenvalue weighted by Gasteiger charge is 2.25. The fraction of sp³-hybridized carbons (Fsp3) is 1.00. The van der Waals surface area contributed by atoms with Crippen molar-refractivity contribution >= 4 is 0 Å². The molecule has 0 saturated carbocycles. The largest absolute Gasteiger partial charge is 0.375 e. The van der Waals surface area contributed by atoms with Crippen molar-refractivity contribution in [2.75, 3.05) is 6.61 Å². The molecule has 0 aromatic carbocycles. The summed E-state index contributed by atoms with van der Waals surface area (Å²) in [4.78, 5) is 0. The molecule has 1 N–H and O–H groups in total. The van der Waals surface area contributed by atoms with Gasteiger partial charge in [0.25, 0.3) is 0 Å². The van der Waals surface area contributed by atoms with Crippen LogP contribution in [0.4, 0.5) is 0 Å².